The minimum atomic E-state index is -1.16. The van der Waals surface area contributed by atoms with Gasteiger partial charge in [0.1, 0.15) is 18.1 Å². The van der Waals surface area contributed by atoms with Crippen LogP contribution in [0.1, 0.15) is 144 Å². The molecule has 400 valence electrons. The number of carboxylic acids is 1. The van der Waals surface area contributed by atoms with Crippen LogP contribution in [0, 0.1) is 23.7 Å². The summed E-state index contributed by atoms with van der Waals surface area (Å²) in [4.78, 5) is 87.4. The number of hydrogen-bond acceptors (Lipinski definition) is 10. The Hall–Kier alpha value is -5.16. The van der Waals surface area contributed by atoms with E-state index in [1.807, 2.05) is 59.7 Å². The Morgan fingerprint density at radius 2 is 1.46 bits per heavy atom. The molecular weight excluding hydrogens is 909 g/mol. The first-order valence-corrected chi connectivity index (χ1v) is 26.0. The second-order valence-electron chi connectivity index (χ2n) is 20.4. The molecule has 0 radical (unpaired) electrons. The molecule has 5 N–H and O–H groups in total. The number of carbonyl (C=O) groups is 6. The summed E-state index contributed by atoms with van der Waals surface area (Å²) in [5.41, 5.74) is 1.51. The van der Waals surface area contributed by atoms with Crippen LogP contribution in [0.4, 0.5) is 0 Å². The lowest BCUT2D eigenvalue weighted by atomic mass is 9.89. The zero-order valence-electron chi connectivity index (χ0n) is 45.0. The lowest BCUT2D eigenvalue weighted by Gasteiger charge is -2.41. The number of unbranched alkanes of at least 4 members (excludes halogenated alkanes) is 2. The molecule has 2 heterocycles. The minimum absolute atomic E-state index is 0.0218. The summed E-state index contributed by atoms with van der Waals surface area (Å²) in [5, 5.41) is 37.0. The first kappa shape index (κ1) is 60.1. The van der Waals surface area contributed by atoms with Crippen molar-refractivity contribution in [3.63, 3.8) is 0 Å². The largest absolute Gasteiger partial charge is 0.494 e. The molecule has 0 aliphatic carbocycles. The molecule has 17 nitrogen and oxygen atoms in total. The minimum Gasteiger partial charge on any atom is -0.494 e. The molecule has 0 bridgehead atoms. The van der Waals surface area contributed by atoms with Crippen molar-refractivity contribution in [1.82, 2.24) is 29.9 Å². The number of likely N-dealkylation sites (N-methyl/N-ethyl adjacent to an activating group) is 2. The number of carboxylic acid groups (broad SMARTS) is 1. The highest BCUT2D eigenvalue weighted by Crippen LogP contribution is 2.37. The fraction of sp³-hybridized carbons (Fsp3) is 0.704. The van der Waals surface area contributed by atoms with Gasteiger partial charge in [-0.25, -0.2) is 4.79 Å². The predicted molar refractivity (Wildman–Crippen MR) is 274 cm³/mol. The average molecular weight is 997 g/mol. The number of rotatable bonds is 30. The normalized spacial score (nSPS) is 17.3. The van der Waals surface area contributed by atoms with Gasteiger partial charge >= 0.3 is 5.97 Å². The van der Waals surface area contributed by atoms with Crippen LogP contribution in [0.25, 0.3) is 0 Å². The lowest BCUT2D eigenvalue weighted by molar-refractivity contribution is -0.149. The average Bonchev–Trinajstić information content (AvgIpc) is 3.93. The summed E-state index contributed by atoms with van der Waals surface area (Å²) in [6.07, 6.45) is 4.17. The zero-order chi connectivity index (χ0) is 53.3. The molecule has 1 aromatic carbocycles. The SMILES string of the molecule is CCC(CC)c1cc(O)n(CCCCCC(=O)N(C)C(C(=O)NC(C(=O)N(C)C(C(C)CC)C(CC(=O)N2CCCC2C(OC)C(C)C(=O)NC(Cc2ccccc2)C(=O)O)OC)C(C)C)C(C)C)c1O. The molecule has 71 heavy (non-hydrogen) atoms. The highest BCUT2D eigenvalue weighted by molar-refractivity contribution is 5.92. The summed E-state index contributed by atoms with van der Waals surface area (Å²) >= 11 is 0. The maximum atomic E-state index is 14.6. The number of nitrogens with zero attached hydrogens (tertiary/aromatic N) is 4. The van der Waals surface area contributed by atoms with Gasteiger partial charge in [0.25, 0.3) is 0 Å². The Balaban J connectivity index is 1.70. The zero-order valence-corrected chi connectivity index (χ0v) is 45.0. The van der Waals surface area contributed by atoms with Crippen LogP contribution in [0.15, 0.2) is 36.4 Å². The van der Waals surface area contributed by atoms with E-state index in [2.05, 4.69) is 24.5 Å². The number of nitrogens with one attached hydrogen (secondary N) is 2. The Morgan fingerprint density at radius 3 is 2.01 bits per heavy atom. The van der Waals surface area contributed by atoms with E-state index in [1.165, 1.54) is 23.7 Å². The summed E-state index contributed by atoms with van der Waals surface area (Å²) < 4.78 is 13.5. The molecule has 1 saturated heterocycles. The molecule has 17 heteroatoms. The van der Waals surface area contributed by atoms with E-state index in [-0.39, 0.29) is 72.4 Å². The summed E-state index contributed by atoms with van der Waals surface area (Å²) in [6, 6.07) is 6.65. The summed E-state index contributed by atoms with van der Waals surface area (Å²) in [7, 11) is 6.26. The maximum Gasteiger partial charge on any atom is 0.326 e. The molecule has 9 atom stereocenters. The standard InChI is InChI=1S/C54H88N6O11/c1-14-35(8)48(42(70-12)32-45(63)59-29-23-26-41(59)49(71-13)36(9)50(64)55-40(54(68)69)30-37-24-19-17-20-25-37)58(11)53(67)46(33(4)5)56-51(65)47(34(6)7)57(10)43(61)27-21-18-22-28-60-44(62)31-39(52(60)66)38(15-2)16-3/h17,19-20,24-25,31,33-36,38,40-42,46-49,62,66H,14-16,18,21-23,26-30,32H2,1-13H3,(H,55,64)(H,56,65)(H,68,69). The van der Waals surface area contributed by atoms with Crippen LogP contribution < -0.4 is 10.6 Å². The number of aromatic hydroxyl groups is 2. The van der Waals surface area contributed by atoms with Crippen LogP contribution in [0.5, 0.6) is 11.8 Å². The van der Waals surface area contributed by atoms with Gasteiger partial charge < -0.3 is 50.1 Å². The van der Waals surface area contributed by atoms with Crippen LogP contribution in [-0.4, -0.2) is 147 Å². The number of amides is 5. The Kier molecular flexibility index (Phi) is 24.4. The van der Waals surface area contributed by atoms with Gasteiger partial charge in [0, 0.05) is 65.9 Å². The van der Waals surface area contributed by atoms with E-state index in [4.69, 9.17) is 9.47 Å². The number of methoxy groups -OCH3 is 2. The quantitative estimate of drug-likeness (QED) is 0.0518. The molecule has 1 aromatic heterocycles. The number of likely N-dealkylation sites (tertiary alicyclic amines) is 1. The third-order valence-corrected chi connectivity index (χ3v) is 14.9. The van der Waals surface area contributed by atoms with Crippen LogP contribution in [-0.2, 0) is 51.2 Å². The number of carbonyl (C=O) groups excluding carboxylic acids is 5. The maximum absolute atomic E-state index is 14.6. The molecular formula is C54H88N6O11. The number of aliphatic carboxylic acids is 1. The van der Waals surface area contributed by atoms with Gasteiger partial charge in [0.05, 0.1) is 36.6 Å². The van der Waals surface area contributed by atoms with Crippen molar-refractivity contribution in [2.24, 2.45) is 23.7 Å². The van der Waals surface area contributed by atoms with Gasteiger partial charge in [0.15, 0.2) is 11.8 Å². The van der Waals surface area contributed by atoms with E-state index >= 15 is 0 Å². The van der Waals surface area contributed by atoms with E-state index in [1.54, 1.807) is 49.0 Å². The Bertz CT molecular complexity index is 2020. The van der Waals surface area contributed by atoms with E-state index in [0.717, 1.165) is 24.0 Å². The summed E-state index contributed by atoms with van der Waals surface area (Å²) in [5.74, 6) is -4.20. The fourth-order valence-electron chi connectivity index (χ4n) is 10.4. The van der Waals surface area contributed by atoms with E-state index in [0.29, 0.717) is 51.6 Å². The van der Waals surface area contributed by atoms with Gasteiger partial charge in [-0.15, -0.1) is 0 Å². The first-order chi connectivity index (χ1) is 33.6. The molecule has 1 aliphatic heterocycles. The second kappa shape index (κ2) is 28.8. The molecule has 3 rings (SSSR count). The van der Waals surface area contributed by atoms with Crippen molar-refractivity contribution in [3.05, 3.63) is 47.5 Å². The van der Waals surface area contributed by atoms with Gasteiger partial charge in [-0.1, -0.05) is 105 Å². The molecule has 9 unspecified atom stereocenters. The highest BCUT2D eigenvalue weighted by Gasteiger charge is 2.44. The van der Waals surface area contributed by atoms with Crippen molar-refractivity contribution in [2.75, 3.05) is 34.9 Å². The monoisotopic (exact) mass is 997 g/mol. The van der Waals surface area contributed by atoms with Crippen LogP contribution in [0.2, 0.25) is 0 Å². The van der Waals surface area contributed by atoms with Gasteiger partial charge in [-0.3, -0.25) is 28.5 Å². The first-order valence-electron chi connectivity index (χ1n) is 26.0. The van der Waals surface area contributed by atoms with E-state index < -0.39 is 66.1 Å². The third kappa shape index (κ3) is 15.9. The van der Waals surface area contributed by atoms with Crippen molar-refractivity contribution in [2.45, 2.75) is 188 Å². The molecule has 2 aromatic rings. The van der Waals surface area contributed by atoms with Crippen molar-refractivity contribution < 1.29 is 53.6 Å². The predicted octanol–water partition coefficient (Wildman–Crippen LogP) is 6.72. The molecule has 5 amide bonds. The Morgan fingerprint density at radius 1 is 0.817 bits per heavy atom. The van der Waals surface area contributed by atoms with E-state index in [9.17, 15) is 44.1 Å². The topological polar surface area (TPSA) is 220 Å². The smallest absolute Gasteiger partial charge is 0.326 e. The van der Waals surface area contributed by atoms with Crippen LogP contribution >= 0.6 is 0 Å². The molecule has 1 aliphatic rings. The number of ether oxygens (including phenoxy) is 2. The molecule has 1 fully saturated rings. The number of benzene rings is 1. The molecule has 0 spiro atoms. The van der Waals surface area contributed by atoms with Crippen molar-refractivity contribution in [1.29, 1.82) is 0 Å². The third-order valence-electron chi connectivity index (χ3n) is 14.9. The van der Waals surface area contributed by atoms with Gasteiger partial charge in [-0.2, -0.15) is 0 Å². The van der Waals surface area contributed by atoms with Crippen molar-refractivity contribution >= 4 is 35.5 Å². The lowest BCUT2D eigenvalue weighted by Crippen LogP contribution is -2.60. The van der Waals surface area contributed by atoms with Crippen LogP contribution in [0.3, 0.4) is 0 Å². The van der Waals surface area contributed by atoms with Gasteiger partial charge in [0.2, 0.25) is 29.5 Å². The fourth-order valence-corrected chi connectivity index (χ4v) is 10.4. The van der Waals surface area contributed by atoms with Gasteiger partial charge in [-0.05, 0) is 67.8 Å². The summed E-state index contributed by atoms with van der Waals surface area (Å²) in [6.45, 7) is 18.0. The highest BCUT2D eigenvalue weighted by atomic mass is 16.5. The second-order valence-corrected chi connectivity index (χ2v) is 20.4. The van der Waals surface area contributed by atoms with Crippen molar-refractivity contribution in [3.8, 4) is 11.8 Å². The molecule has 0 saturated carbocycles. The Labute approximate surface area is 423 Å². The number of hydrogen-bond donors (Lipinski definition) is 5. The number of aromatic nitrogens is 1.